The van der Waals surface area contributed by atoms with E-state index in [1.165, 1.54) is 17.2 Å². The van der Waals surface area contributed by atoms with Crippen molar-refractivity contribution in [2.45, 2.75) is 20.3 Å². The molecule has 2 N–H and O–H groups in total. The molecule has 1 aliphatic rings. The number of nitrogens with zero attached hydrogens (tertiary/aromatic N) is 5. The fourth-order valence-corrected chi connectivity index (χ4v) is 3.07. The van der Waals surface area contributed by atoms with Gasteiger partial charge in [-0.3, -0.25) is 9.78 Å². The first kappa shape index (κ1) is 14.6. The maximum atomic E-state index is 12.0. The van der Waals surface area contributed by atoms with Gasteiger partial charge >= 0.3 is 5.69 Å². The zero-order valence-electron chi connectivity index (χ0n) is 13.4. The molecule has 0 bridgehead atoms. The molecule has 24 heavy (non-hydrogen) atoms. The van der Waals surface area contributed by atoms with Crippen LogP contribution >= 0.6 is 0 Å². The molecule has 0 saturated carbocycles. The molecule has 0 aliphatic carbocycles. The van der Waals surface area contributed by atoms with Gasteiger partial charge in [-0.1, -0.05) is 13.8 Å². The van der Waals surface area contributed by atoms with E-state index >= 15 is 0 Å². The van der Waals surface area contributed by atoms with Crippen LogP contribution < -0.4 is 16.1 Å². The van der Waals surface area contributed by atoms with Crippen LogP contribution in [0.25, 0.3) is 16.7 Å². The lowest BCUT2D eigenvalue weighted by Gasteiger charge is -2.20. The smallest absolute Gasteiger partial charge is 0.325 e. The lowest BCUT2D eigenvalue weighted by molar-refractivity contribution is 0.418. The van der Waals surface area contributed by atoms with E-state index in [0.29, 0.717) is 5.65 Å². The molecule has 124 valence electrons. The summed E-state index contributed by atoms with van der Waals surface area (Å²) >= 11 is 0. The van der Waals surface area contributed by atoms with Crippen molar-refractivity contribution in [3.05, 3.63) is 39.6 Å². The zero-order chi connectivity index (χ0) is 16.9. The van der Waals surface area contributed by atoms with Crippen molar-refractivity contribution in [1.82, 2.24) is 29.7 Å². The fraction of sp³-hybridized carbons (Fsp3) is 0.400. The Kier molecular flexibility index (Phi) is 3.05. The normalized spacial score (nSPS) is 16.8. The predicted molar refractivity (Wildman–Crippen MR) is 88.5 cm³/mol. The van der Waals surface area contributed by atoms with E-state index in [1.807, 2.05) is 0 Å². The van der Waals surface area contributed by atoms with Crippen LogP contribution in [0.2, 0.25) is 0 Å². The van der Waals surface area contributed by atoms with E-state index in [4.69, 9.17) is 0 Å². The number of aromatic nitrogens is 6. The largest absolute Gasteiger partial charge is 0.355 e. The van der Waals surface area contributed by atoms with E-state index in [9.17, 15) is 9.59 Å². The monoisotopic (exact) mass is 327 g/mol. The third-order valence-corrected chi connectivity index (χ3v) is 4.32. The Labute approximate surface area is 136 Å². The molecule has 4 rings (SSSR count). The number of hydrogen-bond acceptors (Lipinski definition) is 6. The topological polar surface area (TPSA) is 113 Å². The molecule has 1 fully saturated rings. The zero-order valence-corrected chi connectivity index (χ0v) is 13.4. The van der Waals surface area contributed by atoms with Gasteiger partial charge in [0.05, 0.1) is 5.39 Å². The fourth-order valence-electron chi connectivity index (χ4n) is 3.07. The molecule has 0 amide bonds. The van der Waals surface area contributed by atoms with Gasteiger partial charge in [0.25, 0.3) is 5.56 Å². The average Bonchev–Trinajstić information content (AvgIpc) is 3.09. The molecule has 0 unspecified atom stereocenters. The summed E-state index contributed by atoms with van der Waals surface area (Å²) < 4.78 is 1.42. The van der Waals surface area contributed by atoms with Gasteiger partial charge in [0, 0.05) is 25.5 Å². The van der Waals surface area contributed by atoms with Gasteiger partial charge in [0.15, 0.2) is 5.65 Å². The highest BCUT2D eigenvalue weighted by Gasteiger charge is 2.31. The first-order valence-corrected chi connectivity index (χ1v) is 7.71. The van der Waals surface area contributed by atoms with Crippen LogP contribution in [-0.2, 0) is 0 Å². The first-order valence-electron chi connectivity index (χ1n) is 7.71. The molecule has 0 spiro atoms. The summed E-state index contributed by atoms with van der Waals surface area (Å²) in [4.78, 5) is 38.6. The second-order valence-electron chi connectivity index (χ2n) is 6.80. The molecule has 0 atom stereocenters. The molecule has 1 aliphatic heterocycles. The van der Waals surface area contributed by atoms with Crippen molar-refractivity contribution in [1.29, 1.82) is 0 Å². The van der Waals surface area contributed by atoms with Gasteiger partial charge in [0.2, 0.25) is 0 Å². The van der Waals surface area contributed by atoms with Crippen molar-refractivity contribution in [3.8, 4) is 5.69 Å². The molecular weight excluding hydrogens is 310 g/mol. The summed E-state index contributed by atoms with van der Waals surface area (Å²) in [6, 6.07) is 0. The molecule has 9 heteroatoms. The van der Waals surface area contributed by atoms with Crippen LogP contribution in [0.3, 0.4) is 0 Å². The van der Waals surface area contributed by atoms with Crippen LogP contribution in [0.1, 0.15) is 20.3 Å². The van der Waals surface area contributed by atoms with Gasteiger partial charge in [-0.05, 0) is 11.8 Å². The van der Waals surface area contributed by atoms with Gasteiger partial charge in [-0.2, -0.15) is 0 Å². The maximum absolute atomic E-state index is 12.0. The Balaban J connectivity index is 1.83. The van der Waals surface area contributed by atoms with Crippen LogP contribution in [0.4, 0.5) is 5.82 Å². The minimum absolute atomic E-state index is 0.223. The summed E-state index contributed by atoms with van der Waals surface area (Å²) in [6.07, 6.45) is 5.63. The van der Waals surface area contributed by atoms with Crippen molar-refractivity contribution in [2.24, 2.45) is 5.41 Å². The summed E-state index contributed by atoms with van der Waals surface area (Å²) in [5.74, 6) is 0.817. The first-order chi connectivity index (χ1) is 11.4. The highest BCUT2D eigenvalue weighted by molar-refractivity contribution is 5.86. The third-order valence-electron chi connectivity index (χ3n) is 4.32. The minimum atomic E-state index is -0.555. The van der Waals surface area contributed by atoms with Crippen molar-refractivity contribution in [2.75, 3.05) is 18.0 Å². The molecular formula is C15H17N7O2. The predicted octanol–water partition coefficient (Wildman–Crippen LogP) is 0.428. The molecule has 0 aromatic carbocycles. The summed E-state index contributed by atoms with van der Waals surface area (Å²) in [5, 5.41) is 5.12. The van der Waals surface area contributed by atoms with Gasteiger partial charge < -0.3 is 9.88 Å². The number of H-pyrrole nitrogens is 2. The van der Waals surface area contributed by atoms with E-state index in [1.54, 1.807) is 6.20 Å². The Bertz CT molecular complexity index is 1030. The van der Waals surface area contributed by atoms with Crippen LogP contribution in [0.5, 0.6) is 0 Å². The van der Waals surface area contributed by atoms with Gasteiger partial charge in [0.1, 0.15) is 17.8 Å². The van der Waals surface area contributed by atoms with E-state index in [0.717, 1.165) is 30.7 Å². The van der Waals surface area contributed by atoms with Crippen LogP contribution in [0.15, 0.2) is 28.3 Å². The number of anilines is 1. The van der Waals surface area contributed by atoms with Gasteiger partial charge in [-0.15, -0.1) is 5.10 Å². The standard InChI is InChI=1S/C15H17N7O2/c1-15(2)3-4-21(7-15)12-9-6-22(20-11(9)17-8-18-12)10-5-16-14(24)19-13(10)23/h5-6,8H,3-4,7H2,1-2H3,(H2,16,19,23,24). The Morgan fingerprint density at radius 2 is 2.08 bits per heavy atom. The molecule has 4 heterocycles. The SMILES string of the molecule is CC1(C)CCN(c2ncnc3nn(-c4c[nH]c(=O)[nH]c4=O)cc23)C1. The number of aromatic amines is 2. The van der Waals surface area contributed by atoms with Gasteiger partial charge in [-0.25, -0.2) is 19.4 Å². The summed E-state index contributed by atoms with van der Waals surface area (Å²) in [6.45, 7) is 6.29. The maximum Gasteiger partial charge on any atom is 0.325 e. The highest BCUT2D eigenvalue weighted by Crippen LogP contribution is 2.34. The van der Waals surface area contributed by atoms with Crippen molar-refractivity contribution in [3.63, 3.8) is 0 Å². The van der Waals surface area contributed by atoms with Crippen molar-refractivity contribution >= 4 is 16.9 Å². The lowest BCUT2D eigenvalue weighted by Crippen LogP contribution is -2.25. The molecule has 0 radical (unpaired) electrons. The molecule has 3 aromatic heterocycles. The summed E-state index contributed by atoms with van der Waals surface area (Å²) in [5.41, 5.74) is -0.0946. The second kappa shape index (κ2) is 5.02. The Morgan fingerprint density at radius 3 is 2.79 bits per heavy atom. The van der Waals surface area contributed by atoms with Crippen LogP contribution in [-0.4, -0.2) is 42.8 Å². The number of fused-ring (bicyclic) bond motifs is 1. The second-order valence-corrected chi connectivity index (χ2v) is 6.80. The Morgan fingerprint density at radius 1 is 1.25 bits per heavy atom. The Hall–Kier alpha value is -2.97. The van der Waals surface area contributed by atoms with Crippen LogP contribution in [0, 0.1) is 5.41 Å². The molecule has 3 aromatic rings. The van der Waals surface area contributed by atoms with E-state index in [-0.39, 0.29) is 11.1 Å². The minimum Gasteiger partial charge on any atom is -0.355 e. The number of nitrogens with one attached hydrogen (secondary N) is 2. The number of rotatable bonds is 2. The van der Waals surface area contributed by atoms with Crippen molar-refractivity contribution < 1.29 is 0 Å². The quantitative estimate of drug-likeness (QED) is 0.706. The van der Waals surface area contributed by atoms with E-state index in [2.05, 4.69) is 43.8 Å². The third kappa shape index (κ3) is 2.38. The highest BCUT2D eigenvalue weighted by atomic mass is 16.2. The average molecular weight is 327 g/mol. The number of hydrogen-bond donors (Lipinski definition) is 2. The van der Waals surface area contributed by atoms with E-state index < -0.39 is 11.2 Å². The molecule has 1 saturated heterocycles. The lowest BCUT2D eigenvalue weighted by atomic mass is 9.93. The molecule has 9 nitrogen and oxygen atoms in total. The summed E-state index contributed by atoms with van der Waals surface area (Å²) in [7, 11) is 0.